The molecule has 2 amide bonds. The number of hydrogen-bond donors (Lipinski definition) is 1. The molecule has 5 heteroatoms. The van der Waals surface area contributed by atoms with E-state index in [4.69, 9.17) is 0 Å². The largest absolute Gasteiger partial charge is 0.322 e. The van der Waals surface area contributed by atoms with Gasteiger partial charge in [0, 0.05) is 37.1 Å². The van der Waals surface area contributed by atoms with E-state index in [0.717, 1.165) is 43.7 Å². The number of carbonyl (C=O) groups is 1. The van der Waals surface area contributed by atoms with Gasteiger partial charge in [0.2, 0.25) is 0 Å². The second-order valence-electron chi connectivity index (χ2n) is 5.26. The maximum absolute atomic E-state index is 12.2. The molecule has 0 aromatic carbocycles. The summed E-state index contributed by atoms with van der Waals surface area (Å²) in [5, 5.41) is 2.97. The molecule has 1 N–H and O–H groups in total. The molecular weight excluding hydrogens is 240 g/mol. The van der Waals surface area contributed by atoms with E-state index in [0.29, 0.717) is 12.6 Å². The van der Waals surface area contributed by atoms with Crippen LogP contribution in [0.2, 0.25) is 0 Å². The van der Waals surface area contributed by atoms with Crippen LogP contribution in [0, 0.1) is 0 Å². The first kappa shape index (κ1) is 12.4. The average molecular weight is 260 g/mol. The van der Waals surface area contributed by atoms with Gasteiger partial charge in [-0.15, -0.1) is 0 Å². The average Bonchev–Trinajstić information content (AvgIpc) is 2.47. The zero-order chi connectivity index (χ0) is 13.2. The van der Waals surface area contributed by atoms with Crippen LogP contribution in [0.4, 0.5) is 10.5 Å². The number of rotatable bonds is 2. The maximum Gasteiger partial charge on any atom is 0.322 e. The van der Waals surface area contributed by atoms with Crippen molar-refractivity contribution in [1.82, 2.24) is 14.8 Å². The molecule has 0 spiro atoms. The summed E-state index contributed by atoms with van der Waals surface area (Å²) in [5.74, 6) is 0. The standard InChI is InChI=1S/C14H20N4O/c1-2-17-7-4-12(5-8-17)18-10-11-9-15-6-3-13(11)16-14(18)19/h3,6,9,12H,2,4-5,7-8,10H2,1H3,(H,16,19). The molecule has 1 aromatic rings. The van der Waals surface area contributed by atoms with Gasteiger partial charge in [-0.1, -0.05) is 6.92 Å². The third kappa shape index (κ3) is 2.42. The van der Waals surface area contributed by atoms with Gasteiger partial charge in [0.15, 0.2) is 0 Å². The Hall–Kier alpha value is -1.62. The Balaban J connectivity index is 1.71. The van der Waals surface area contributed by atoms with Gasteiger partial charge in [-0.05, 0) is 25.5 Å². The number of carbonyl (C=O) groups excluding carboxylic acids is 1. The highest BCUT2D eigenvalue weighted by atomic mass is 16.2. The van der Waals surface area contributed by atoms with E-state index in [9.17, 15) is 4.79 Å². The molecular formula is C14H20N4O. The zero-order valence-corrected chi connectivity index (χ0v) is 11.3. The van der Waals surface area contributed by atoms with Gasteiger partial charge in [0.1, 0.15) is 0 Å². The van der Waals surface area contributed by atoms with E-state index in [1.165, 1.54) is 0 Å². The summed E-state index contributed by atoms with van der Waals surface area (Å²) in [5.41, 5.74) is 2.02. The number of nitrogens with one attached hydrogen (secondary N) is 1. The van der Waals surface area contributed by atoms with Crippen LogP contribution in [0.5, 0.6) is 0 Å². The van der Waals surface area contributed by atoms with Gasteiger partial charge in [-0.25, -0.2) is 4.79 Å². The minimum atomic E-state index is 0.0358. The minimum absolute atomic E-state index is 0.0358. The fourth-order valence-electron chi connectivity index (χ4n) is 2.96. The Morgan fingerprint density at radius 3 is 2.95 bits per heavy atom. The molecule has 0 bridgehead atoms. The number of nitrogens with zero attached hydrogens (tertiary/aromatic N) is 3. The van der Waals surface area contributed by atoms with Crippen LogP contribution in [-0.4, -0.2) is 46.5 Å². The first-order chi connectivity index (χ1) is 9.28. The first-order valence-corrected chi connectivity index (χ1v) is 7.01. The number of urea groups is 1. The third-order valence-corrected chi connectivity index (χ3v) is 4.19. The molecule has 5 nitrogen and oxygen atoms in total. The van der Waals surface area contributed by atoms with Gasteiger partial charge >= 0.3 is 6.03 Å². The highest BCUT2D eigenvalue weighted by Crippen LogP contribution is 2.26. The van der Waals surface area contributed by atoms with Crippen molar-refractivity contribution in [1.29, 1.82) is 0 Å². The van der Waals surface area contributed by atoms with Crippen molar-refractivity contribution >= 4 is 11.7 Å². The van der Waals surface area contributed by atoms with Crippen LogP contribution >= 0.6 is 0 Å². The highest BCUT2D eigenvalue weighted by Gasteiger charge is 2.31. The quantitative estimate of drug-likeness (QED) is 0.883. The van der Waals surface area contributed by atoms with Gasteiger partial charge in [0.25, 0.3) is 0 Å². The van der Waals surface area contributed by atoms with E-state index in [-0.39, 0.29) is 6.03 Å². The molecule has 2 aliphatic heterocycles. The van der Waals surface area contributed by atoms with Crippen LogP contribution in [0.3, 0.4) is 0 Å². The fourth-order valence-corrected chi connectivity index (χ4v) is 2.96. The molecule has 0 unspecified atom stereocenters. The molecule has 102 valence electrons. The van der Waals surface area contributed by atoms with Crippen molar-refractivity contribution in [2.75, 3.05) is 25.0 Å². The van der Waals surface area contributed by atoms with Crippen molar-refractivity contribution < 1.29 is 4.79 Å². The van der Waals surface area contributed by atoms with Crippen molar-refractivity contribution in [3.05, 3.63) is 24.0 Å². The normalized spacial score (nSPS) is 21.1. The van der Waals surface area contributed by atoms with Crippen molar-refractivity contribution in [3.8, 4) is 0 Å². The molecule has 1 fully saturated rings. The topological polar surface area (TPSA) is 48.5 Å². The zero-order valence-electron chi connectivity index (χ0n) is 11.3. The number of piperidine rings is 1. The molecule has 2 aliphatic rings. The highest BCUT2D eigenvalue weighted by molar-refractivity contribution is 5.92. The molecule has 1 aromatic heterocycles. The van der Waals surface area contributed by atoms with Gasteiger partial charge in [-0.3, -0.25) is 4.98 Å². The predicted octanol–water partition coefficient (Wildman–Crippen LogP) is 1.91. The molecule has 0 radical (unpaired) electrons. The molecule has 0 saturated carbocycles. The van der Waals surface area contributed by atoms with Gasteiger partial charge in [-0.2, -0.15) is 0 Å². The van der Waals surface area contributed by atoms with Crippen LogP contribution in [0.25, 0.3) is 0 Å². The summed E-state index contributed by atoms with van der Waals surface area (Å²) in [4.78, 5) is 20.7. The fraction of sp³-hybridized carbons (Fsp3) is 0.571. The number of anilines is 1. The second-order valence-corrected chi connectivity index (χ2v) is 5.26. The summed E-state index contributed by atoms with van der Waals surface area (Å²) in [7, 11) is 0. The number of pyridine rings is 1. The van der Waals surface area contributed by atoms with E-state index < -0.39 is 0 Å². The molecule has 3 rings (SSSR count). The molecule has 19 heavy (non-hydrogen) atoms. The van der Waals surface area contributed by atoms with E-state index in [1.54, 1.807) is 6.20 Å². The minimum Gasteiger partial charge on any atom is -0.317 e. The monoisotopic (exact) mass is 260 g/mol. The van der Waals surface area contributed by atoms with Crippen molar-refractivity contribution in [2.45, 2.75) is 32.4 Å². The van der Waals surface area contributed by atoms with Crippen molar-refractivity contribution in [2.24, 2.45) is 0 Å². The summed E-state index contributed by atoms with van der Waals surface area (Å²) >= 11 is 0. The third-order valence-electron chi connectivity index (χ3n) is 4.19. The molecule has 0 atom stereocenters. The number of hydrogen-bond acceptors (Lipinski definition) is 3. The molecule has 1 saturated heterocycles. The van der Waals surface area contributed by atoms with E-state index in [1.807, 2.05) is 17.2 Å². The van der Waals surface area contributed by atoms with Crippen molar-refractivity contribution in [3.63, 3.8) is 0 Å². The maximum atomic E-state index is 12.2. The SMILES string of the molecule is CCN1CCC(N2Cc3cnccc3NC2=O)CC1. The second kappa shape index (κ2) is 5.17. The lowest BCUT2D eigenvalue weighted by molar-refractivity contribution is 0.124. The molecule has 0 aliphatic carbocycles. The smallest absolute Gasteiger partial charge is 0.317 e. The summed E-state index contributed by atoms with van der Waals surface area (Å²) < 4.78 is 0. The Labute approximate surface area is 113 Å². The summed E-state index contributed by atoms with van der Waals surface area (Å²) in [6, 6.07) is 2.26. The Bertz CT molecular complexity index is 468. The Morgan fingerprint density at radius 1 is 1.42 bits per heavy atom. The lowest BCUT2D eigenvalue weighted by Gasteiger charge is -2.40. The molecule has 3 heterocycles. The number of fused-ring (bicyclic) bond motifs is 1. The van der Waals surface area contributed by atoms with E-state index >= 15 is 0 Å². The lowest BCUT2D eigenvalue weighted by atomic mass is 10.0. The van der Waals surface area contributed by atoms with Crippen LogP contribution in [0.1, 0.15) is 25.3 Å². The lowest BCUT2D eigenvalue weighted by Crippen LogP contribution is -2.50. The first-order valence-electron chi connectivity index (χ1n) is 7.01. The predicted molar refractivity (Wildman–Crippen MR) is 73.9 cm³/mol. The van der Waals surface area contributed by atoms with Crippen LogP contribution in [-0.2, 0) is 6.54 Å². The Morgan fingerprint density at radius 2 is 2.21 bits per heavy atom. The summed E-state index contributed by atoms with van der Waals surface area (Å²) in [6.07, 6.45) is 5.70. The summed E-state index contributed by atoms with van der Waals surface area (Å²) in [6.45, 7) is 6.16. The van der Waals surface area contributed by atoms with Gasteiger partial charge < -0.3 is 15.1 Å². The number of aromatic nitrogens is 1. The van der Waals surface area contributed by atoms with Crippen LogP contribution in [0.15, 0.2) is 18.5 Å². The van der Waals surface area contributed by atoms with Gasteiger partial charge in [0.05, 0.1) is 12.2 Å². The Kier molecular flexibility index (Phi) is 3.38. The van der Waals surface area contributed by atoms with E-state index in [2.05, 4.69) is 22.1 Å². The van der Waals surface area contributed by atoms with Crippen LogP contribution < -0.4 is 5.32 Å². The number of amides is 2. The number of likely N-dealkylation sites (tertiary alicyclic amines) is 1.